The molecule has 0 aromatic heterocycles. The summed E-state index contributed by atoms with van der Waals surface area (Å²) >= 11 is 1.90. The van der Waals surface area contributed by atoms with Crippen LogP contribution in [-0.4, -0.2) is 10.5 Å². The van der Waals surface area contributed by atoms with Crippen molar-refractivity contribution < 1.29 is 0 Å². The second-order valence-electron chi connectivity index (χ2n) is 2.19. The molecule has 2 heteroatoms. The Morgan fingerprint density at radius 1 is 1.62 bits per heavy atom. The highest BCUT2D eigenvalue weighted by molar-refractivity contribution is 8.08. The van der Waals surface area contributed by atoms with E-state index in [4.69, 9.17) is 5.26 Å². The second kappa shape index (κ2) is 1.11. The zero-order valence-electron chi connectivity index (χ0n) is 4.51. The van der Waals surface area contributed by atoms with Crippen LogP contribution in [-0.2, 0) is 0 Å². The van der Waals surface area contributed by atoms with Crippen LogP contribution < -0.4 is 0 Å². The highest BCUT2D eigenvalue weighted by Crippen LogP contribution is 2.59. The van der Waals surface area contributed by atoms with Gasteiger partial charge in [0.05, 0.1) is 11.3 Å². The number of rotatable bonds is 0. The minimum atomic E-state index is 0.625. The fourth-order valence-electron chi connectivity index (χ4n) is 1.09. The summed E-state index contributed by atoms with van der Waals surface area (Å²) in [5, 5.41) is 9.81. The molecule has 1 heterocycles. The first-order valence-corrected chi connectivity index (χ1v) is 3.55. The molecule has 1 fully saturated rings. The molecule has 1 aliphatic carbocycles. The standard InChI is InChI=1S/C6H5NS/c1-3-4(2-7)6-5(3)8-6/h5-6H,1H3. The van der Waals surface area contributed by atoms with Gasteiger partial charge >= 0.3 is 0 Å². The topological polar surface area (TPSA) is 23.8 Å². The van der Waals surface area contributed by atoms with Crippen molar-refractivity contribution >= 4 is 11.8 Å². The van der Waals surface area contributed by atoms with E-state index in [2.05, 4.69) is 13.0 Å². The summed E-state index contributed by atoms with van der Waals surface area (Å²) < 4.78 is 0. The maximum Gasteiger partial charge on any atom is 0.0959 e. The molecule has 2 unspecified atom stereocenters. The molecule has 1 saturated heterocycles. The molecule has 2 rings (SSSR count). The maximum absolute atomic E-state index is 8.43. The van der Waals surface area contributed by atoms with Crippen molar-refractivity contribution in [1.82, 2.24) is 0 Å². The fraction of sp³-hybridized carbons (Fsp3) is 0.500. The molecular formula is C6H5NS. The van der Waals surface area contributed by atoms with Crippen LogP contribution >= 0.6 is 11.8 Å². The van der Waals surface area contributed by atoms with Gasteiger partial charge in [0.1, 0.15) is 0 Å². The molecule has 0 amide bonds. The minimum absolute atomic E-state index is 0.625. The summed E-state index contributed by atoms with van der Waals surface area (Å²) in [6.07, 6.45) is 0. The molecule has 0 N–H and O–H groups in total. The van der Waals surface area contributed by atoms with Gasteiger partial charge in [-0.3, -0.25) is 0 Å². The molecule has 0 radical (unpaired) electrons. The van der Waals surface area contributed by atoms with E-state index in [9.17, 15) is 0 Å². The van der Waals surface area contributed by atoms with E-state index in [1.54, 1.807) is 0 Å². The minimum Gasteiger partial charge on any atom is -0.193 e. The van der Waals surface area contributed by atoms with Crippen molar-refractivity contribution in [1.29, 1.82) is 5.26 Å². The lowest BCUT2D eigenvalue weighted by Crippen LogP contribution is -2.12. The number of hydrogen-bond donors (Lipinski definition) is 0. The summed E-state index contributed by atoms with van der Waals surface area (Å²) in [5.74, 6) is 0. The van der Waals surface area contributed by atoms with Gasteiger partial charge in [-0.1, -0.05) is 0 Å². The maximum atomic E-state index is 8.43. The van der Waals surface area contributed by atoms with Gasteiger partial charge in [0.15, 0.2) is 0 Å². The van der Waals surface area contributed by atoms with Crippen LogP contribution in [0.3, 0.4) is 0 Å². The van der Waals surface area contributed by atoms with Crippen molar-refractivity contribution in [2.75, 3.05) is 0 Å². The molecule has 0 spiro atoms. The molecule has 0 bridgehead atoms. The average Bonchev–Trinajstić information content (AvgIpc) is 2.44. The van der Waals surface area contributed by atoms with Crippen LogP contribution in [0.1, 0.15) is 6.92 Å². The number of nitriles is 1. The summed E-state index contributed by atoms with van der Waals surface area (Å²) in [6, 6.07) is 2.20. The second-order valence-corrected chi connectivity index (χ2v) is 3.47. The van der Waals surface area contributed by atoms with Crippen LogP contribution in [0.25, 0.3) is 0 Å². The molecule has 0 aromatic rings. The molecule has 1 nitrogen and oxygen atoms in total. The van der Waals surface area contributed by atoms with Crippen molar-refractivity contribution in [3.8, 4) is 6.07 Å². The van der Waals surface area contributed by atoms with Crippen molar-refractivity contribution in [2.45, 2.75) is 17.4 Å². The molecule has 1 aliphatic heterocycles. The monoisotopic (exact) mass is 123 g/mol. The molecule has 0 aromatic carbocycles. The molecule has 8 heavy (non-hydrogen) atoms. The molecule has 40 valence electrons. The van der Waals surface area contributed by atoms with Gasteiger partial charge in [-0.05, 0) is 12.5 Å². The zero-order valence-corrected chi connectivity index (χ0v) is 5.33. The number of nitrogens with zero attached hydrogens (tertiary/aromatic N) is 1. The van der Waals surface area contributed by atoms with Crippen molar-refractivity contribution in [3.63, 3.8) is 0 Å². The lowest BCUT2D eigenvalue weighted by Gasteiger charge is -2.08. The quantitative estimate of drug-likeness (QED) is 0.454. The van der Waals surface area contributed by atoms with E-state index in [1.807, 2.05) is 11.8 Å². The third-order valence-corrected chi connectivity index (χ3v) is 3.15. The van der Waals surface area contributed by atoms with E-state index >= 15 is 0 Å². The Balaban J connectivity index is 2.38. The zero-order chi connectivity index (χ0) is 5.72. The number of fused-ring (bicyclic) bond motifs is 1. The Kier molecular flexibility index (Phi) is 0.619. The normalized spacial score (nSPS) is 40.0. The third kappa shape index (κ3) is 0.305. The van der Waals surface area contributed by atoms with Gasteiger partial charge in [-0.2, -0.15) is 5.26 Å². The SMILES string of the molecule is CC1=C(C#N)C2SC12. The fourth-order valence-corrected chi connectivity index (χ4v) is 2.37. The lowest BCUT2D eigenvalue weighted by molar-refractivity contribution is 0.967. The molecule has 2 aliphatic rings. The first kappa shape index (κ1) is 4.46. The van der Waals surface area contributed by atoms with Crippen LogP contribution in [0.2, 0.25) is 0 Å². The van der Waals surface area contributed by atoms with Crippen LogP contribution in [0, 0.1) is 11.3 Å². The Morgan fingerprint density at radius 2 is 2.38 bits per heavy atom. The molecular weight excluding hydrogens is 118 g/mol. The Labute approximate surface area is 52.4 Å². The Hall–Kier alpha value is -0.420. The third-order valence-electron chi connectivity index (χ3n) is 1.75. The number of hydrogen-bond acceptors (Lipinski definition) is 2. The first-order chi connectivity index (χ1) is 3.84. The van der Waals surface area contributed by atoms with Gasteiger partial charge in [0.2, 0.25) is 0 Å². The van der Waals surface area contributed by atoms with Crippen molar-refractivity contribution in [2.24, 2.45) is 0 Å². The number of thioether (sulfide) groups is 1. The summed E-state index contributed by atoms with van der Waals surface area (Å²) in [6.45, 7) is 2.06. The van der Waals surface area contributed by atoms with Gasteiger partial charge in [0.25, 0.3) is 0 Å². The highest BCUT2D eigenvalue weighted by Gasteiger charge is 2.52. The predicted octanol–water partition coefficient (Wildman–Crippen LogP) is 1.32. The Bertz CT molecular complexity index is 211. The smallest absolute Gasteiger partial charge is 0.0959 e. The van der Waals surface area contributed by atoms with Crippen LogP contribution in [0.5, 0.6) is 0 Å². The molecule has 0 saturated carbocycles. The van der Waals surface area contributed by atoms with E-state index in [0.29, 0.717) is 5.25 Å². The lowest BCUT2D eigenvalue weighted by atomic mass is 9.91. The van der Waals surface area contributed by atoms with Gasteiger partial charge in [0, 0.05) is 10.8 Å². The first-order valence-electron chi connectivity index (χ1n) is 2.61. The predicted molar refractivity (Wildman–Crippen MR) is 33.5 cm³/mol. The summed E-state index contributed by atoms with van der Waals surface area (Å²) in [7, 11) is 0. The Morgan fingerprint density at radius 3 is 2.62 bits per heavy atom. The van der Waals surface area contributed by atoms with Gasteiger partial charge in [-0.15, -0.1) is 11.8 Å². The summed E-state index contributed by atoms with van der Waals surface area (Å²) in [5.41, 5.74) is 2.36. The van der Waals surface area contributed by atoms with E-state index in [-0.39, 0.29) is 0 Å². The van der Waals surface area contributed by atoms with Gasteiger partial charge in [-0.25, -0.2) is 0 Å². The van der Waals surface area contributed by atoms with E-state index < -0.39 is 0 Å². The summed E-state index contributed by atoms with van der Waals surface area (Å²) in [4.78, 5) is 0. The van der Waals surface area contributed by atoms with E-state index in [1.165, 1.54) is 5.57 Å². The highest BCUT2D eigenvalue weighted by atomic mass is 32.2. The van der Waals surface area contributed by atoms with Gasteiger partial charge < -0.3 is 0 Å². The molecule has 2 atom stereocenters. The average molecular weight is 123 g/mol. The van der Waals surface area contributed by atoms with Crippen LogP contribution in [0.15, 0.2) is 11.1 Å². The van der Waals surface area contributed by atoms with E-state index in [0.717, 1.165) is 10.8 Å². The largest absolute Gasteiger partial charge is 0.193 e. The van der Waals surface area contributed by atoms with Crippen LogP contribution in [0.4, 0.5) is 0 Å². The van der Waals surface area contributed by atoms with Crippen molar-refractivity contribution in [3.05, 3.63) is 11.1 Å².